The van der Waals surface area contributed by atoms with E-state index in [1.807, 2.05) is 24.4 Å². The van der Waals surface area contributed by atoms with Gasteiger partial charge >= 0.3 is 0 Å². The standard InChI is InChI=1S/C14H19N3O/c1-11(2)17(8-13-7-15-10-16-13)14-5-3-4-12(6-14)9-18/h3-7,10-11,18H,8-9H2,1-2H3,(H,15,16). The van der Waals surface area contributed by atoms with E-state index >= 15 is 0 Å². The Morgan fingerprint density at radius 3 is 2.83 bits per heavy atom. The Hall–Kier alpha value is -1.81. The highest BCUT2D eigenvalue weighted by Crippen LogP contribution is 2.20. The van der Waals surface area contributed by atoms with Crippen LogP contribution < -0.4 is 4.90 Å². The van der Waals surface area contributed by atoms with E-state index < -0.39 is 0 Å². The number of aliphatic hydroxyl groups is 1. The number of aromatic amines is 1. The number of nitrogens with one attached hydrogen (secondary N) is 1. The van der Waals surface area contributed by atoms with Crippen molar-refractivity contribution < 1.29 is 5.11 Å². The molecule has 4 nitrogen and oxygen atoms in total. The van der Waals surface area contributed by atoms with Crippen molar-refractivity contribution in [2.24, 2.45) is 0 Å². The Morgan fingerprint density at radius 1 is 1.39 bits per heavy atom. The summed E-state index contributed by atoms with van der Waals surface area (Å²) in [6, 6.07) is 8.37. The third-order valence-corrected chi connectivity index (χ3v) is 2.94. The molecule has 2 N–H and O–H groups in total. The van der Waals surface area contributed by atoms with E-state index in [0.717, 1.165) is 23.5 Å². The predicted molar refractivity (Wildman–Crippen MR) is 72.3 cm³/mol. The maximum absolute atomic E-state index is 9.20. The van der Waals surface area contributed by atoms with E-state index in [9.17, 15) is 5.11 Å². The molecule has 0 aliphatic heterocycles. The summed E-state index contributed by atoms with van der Waals surface area (Å²) in [6.45, 7) is 5.17. The van der Waals surface area contributed by atoms with E-state index in [1.54, 1.807) is 6.33 Å². The fourth-order valence-corrected chi connectivity index (χ4v) is 1.96. The highest BCUT2D eigenvalue weighted by Gasteiger charge is 2.12. The van der Waals surface area contributed by atoms with Gasteiger partial charge in [0.25, 0.3) is 0 Å². The van der Waals surface area contributed by atoms with Crippen molar-refractivity contribution in [3.05, 3.63) is 48.0 Å². The lowest BCUT2D eigenvalue weighted by molar-refractivity contribution is 0.282. The Balaban J connectivity index is 2.23. The van der Waals surface area contributed by atoms with Gasteiger partial charge in [0.05, 0.1) is 25.2 Å². The molecule has 0 bridgehead atoms. The number of hydrogen-bond donors (Lipinski definition) is 2. The van der Waals surface area contributed by atoms with E-state index in [2.05, 4.69) is 34.8 Å². The highest BCUT2D eigenvalue weighted by atomic mass is 16.3. The summed E-state index contributed by atoms with van der Waals surface area (Å²) in [5.74, 6) is 0. The quantitative estimate of drug-likeness (QED) is 0.850. The van der Waals surface area contributed by atoms with Crippen LogP contribution in [0.2, 0.25) is 0 Å². The lowest BCUT2D eigenvalue weighted by atomic mass is 10.1. The maximum atomic E-state index is 9.20. The first kappa shape index (κ1) is 12.6. The molecule has 1 aromatic carbocycles. The van der Waals surface area contributed by atoms with Crippen LogP contribution in [0.5, 0.6) is 0 Å². The Bertz CT molecular complexity index is 480. The van der Waals surface area contributed by atoms with E-state index in [1.165, 1.54) is 0 Å². The van der Waals surface area contributed by atoms with Gasteiger partial charge in [-0.25, -0.2) is 4.98 Å². The summed E-state index contributed by atoms with van der Waals surface area (Å²) in [6.07, 6.45) is 3.53. The minimum Gasteiger partial charge on any atom is -0.392 e. The number of rotatable bonds is 5. The minimum absolute atomic E-state index is 0.0732. The van der Waals surface area contributed by atoms with Gasteiger partial charge in [-0.1, -0.05) is 12.1 Å². The number of aliphatic hydroxyl groups excluding tert-OH is 1. The number of anilines is 1. The number of nitrogens with zero attached hydrogens (tertiary/aromatic N) is 2. The summed E-state index contributed by atoms with van der Waals surface area (Å²) in [7, 11) is 0. The first-order chi connectivity index (χ1) is 8.70. The molecule has 0 aliphatic carbocycles. The van der Waals surface area contributed by atoms with Gasteiger partial charge in [-0.2, -0.15) is 0 Å². The van der Waals surface area contributed by atoms with E-state index in [4.69, 9.17) is 0 Å². The van der Waals surface area contributed by atoms with Crippen molar-refractivity contribution >= 4 is 5.69 Å². The van der Waals surface area contributed by atoms with Gasteiger partial charge in [0.2, 0.25) is 0 Å². The maximum Gasteiger partial charge on any atom is 0.0922 e. The monoisotopic (exact) mass is 245 g/mol. The van der Waals surface area contributed by atoms with Gasteiger partial charge in [0.1, 0.15) is 0 Å². The summed E-state index contributed by atoms with van der Waals surface area (Å²) < 4.78 is 0. The van der Waals surface area contributed by atoms with Crippen LogP contribution in [0.15, 0.2) is 36.8 Å². The molecule has 0 radical (unpaired) electrons. The normalized spacial score (nSPS) is 10.9. The zero-order chi connectivity index (χ0) is 13.0. The molecule has 18 heavy (non-hydrogen) atoms. The number of aromatic nitrogens is 2. The lowest BCUT2D eigenvalue weighted by Gasteiger charge is -2.28. The first-order valence-electron chi connectivity index (χ1n) is 6.14. The number of H-pyrrole nitrogens is 1. The molecule has 0 saturated heterocycles. The molecular formula is C14H19N3O. The van der Waals surface area contributed by atoms with Crippen LogP contribution in [0.3, 0.4) is 0 Å². The topological polar surface area (TPSA) is 52.2 Å². The van der Waals surface area contributed by atoms with Crippen molar-refractivity contribution in [1.29, 1.82) is 0 Å². The van der Waals surface area contributed by atoms with Crippen LogP contribution in [0.4, 0.5) is 5.69 Å². The zero-order valence-electron chi connectivity index (χ0n) is 10.8. The zero-order valence-corrected chi connectivity index (χ0v) is 10.8. The van der Waals surface area contributed by atoms with Crippen LogP contribution in [-0.2, 0) is 13.2 Å². The minimum atomic E-state index is 0.0732. The van der Waals surface area contributed by atoms with Crippen LogP contribution >= 0.6 is 0 Å². The van der Waals surface area contributed by atoms with Crippen LogP contribution in [0, 0.1) is 0 Å². The average molecular weight is 245 g/mol. The molecule has 4 heteroatoms. The third-order valence-electron chi connectivity index (χ3n) is 2.94. The Labute approximate surface area is 107 Å². The van der Waals surface area contributed by atoms with Gasteiger partial charge < -0.3 is 15.0 Å². The van der Waals surface area contributed by atoms with Crippen LogP contribution in [-0.4, -0.2) is 21.1 Å². The molecule has 96 valence electrons. The number of imidazole rings is 1. The Morgan fingerprint density at radius 2 is 2.22 bits per heavy atom. The Kier molecular flexibility index (Phi) is 3.99. The second kappa shape index (κ2) is 5.69. The van der Waals surface area contributed by atoms with Gasteiger partial charge in [-0.05, 0) is 31.5 Å². The van der Waals surface area contributed by atoms with Crippen molar-refractivity contribution in [2.75, 3.05) is 4.90 Å². The number of benzene rings is 1. The SMILES string of the molecule is CC(C)N(Cc1cnc[nH]1)c1cccc(CO)c1. The summed E-state index contributed by atoms with van der Waals surface area (Å²) in [5, 5.41) is 9.20. The van der Waals surface area contributed by atoms with Crippen LogP contribution in [0.1, 0.15) is 25.1 Å². The first-order valence-corrected chi connectivity index (χ1v) is 6.14. The van der Waals surface area contributed by atoms with Crippen molar-refractivity contribution in [3.8, 4) is 0 Å². The average Bonchev–Trinajstić information content (AvgIpc) is 2.88. The number of hydrogen-bond acceptors (Lipinski definition) is 3. The van der Waals surface area contributed by atoms with Gasteiger partial charge in [0, 0.05) is 17.9 Å². The van der Waals surface area contributed by atoms with Crippen LogP contribution in [0.25, 0.3) is 0 Å². The smallest absolute Gasteiger partial charge is 0.0922 e. The molecule has 1 heterocycles. The van der Waals surface area contributed by atoms with Gasteiger partial charge in [-0.3, -0.25) is 0 Å². The molecule has 2 aromatic rings. The molecular weight excluding hydrogens is 226 g/mol. The highest BCUT2D eigenvalue weighted by molar-refractivity contribution is 5.49. The molecule has 2 rings (SSSR count). The summed E-state index contributed by atoms with van der Waals surface area (Å²) >= 11 is 0. The third kappa shape index (κ3) is 2.90. The predicted octanol–water partition coefficient (Wildman–Crippen LogP) is 2.32. The lowest BCUT2D eigenvalue weighted by Crippen LogP contribution is -2.30. The largest absolute Gasteiger partial charge is 0.392 e. The fourth-order valence-electron chi connectivity index (χ4n) is 1.96. The van der Waals surface area contributed by atoms with E-state index in [-0.39, 0.29) is 6.61 Å². The van der Waals surface area contributed by atoms with E-state index in [0.29, 0.717) is 6.04 Å². The summed E-state index contributed by atoms with van der Waals surface area (Å²) in [5.41, 5.74) is 3.13. The van der Waals surface area contributed by atoms with Gasteiger partial charge in [0.15, 0.2) is 0 Å². The molecule has 0 unspecified atom stereocenters. The summed E-state index contributed by atoms with van der Waals surface area (Å²) in [4.78, 5) is 9.43. The molecule has 0 aliphatic rings. The second-order valence-corrected chi connectivity index (χ2v) is 4.63. The van der Waals surface area contributed by atoms with Crippen molar-refractivity contribution in [3.63, 3.8) is 0 Å². The van der Waals surface area contributed by atoms with Gasteiger partial charge in [-0.15, -0.1) is 0 Å². The molecule has 1 aromatic heterocycles. The van der Waals surface area contributed by atoms with Crippen molar-refractivity contribution in [1.82, 2.24) is 9.97 Å². The molecule has 0 saturated carbocycles. The second-order valence-electron chi connectivity index (χ2n) is 4.63. The molecule has 0 atom stereocenters. The molecule has 0 amide bonds. The molecule has 0 fully saturated rings. The fraction of sp³-hybridized carbons (Fsp3) is 0.357. The molecule has 0 spiro atoms. The van der Waals surface area contributed by atoms with Crippen molar-refractivity contribution in [2.45, 2.75) is 33.0 Å².